The lowest BCUT2D eigenvalue weighted by Crippen LogP contribution is -2.32. The maximum atomic E-state index is 12.6. The van der Waals surface area contributed by atoms with E-state index in [1.807, 2.05) is 4.90 Å². The van der Waals surface area contributed by atoms with Gasteiger partial charge in [-0.15, -0.1) is 11.3 Å². The molecule has 22 heavy (non-hydrogen) atoms. The Morgan fingerprint density at radius 3 is 2.55 bits per heavy atom. The van der Waals surface area contributed by atoms with E-state index in [1.165, 1.54) is 29.8 Å². The molecular weight excluding hydrogens is 322 g/mol. The highest BCUT2D eigenvalue weighted by Gasteiger charge is 2.32. The molecule has 1 aromatic rings. The van der Waals surface area contributed by atoms with E-state index in [0.717, 1.165) is 39.0 Å². The van der Waals surface area contributed by atoms with E-state index in [2.05, 4.69) is 10.0 Å². The minimum atomic E-state index is -3.48. The van der Waals surface area contributed by atoms with E-state index in [4.69, 9.17) is 0 Å². The highest BCUT2D eigenvalue weighted by atomic mass is 32.2. The summed E-state index contributed by atoms with van der Waals surface area (Å²) in [5.74, 6) is 1.29. The Morgan fingerprint density at radius 1 is 1.32 bits per heavy atom. The lowest BCUT2D eigenvalue weighted by molar-refractivity contribution is 0.0763. The number of carbonyl (C=O) groups is 1. The van der Waals surface area contributed by atoms with Crippen molar-refractivity contribution in [3.8, 4) is 0 Å². The zero-order valence-corrected chi connectivity index (χ0v) is 14.2. The van der Waals surface area contributed by atoms with Gasteiger partial charge in [0.15, 0.2) is 0 Å². The molecule has 2 atom stereocenters. The molecule has 0 saturated carbocycles. The van der Waals surface area contributed by atoms with Gasteiger partial charge in [-0.1, -0.05) is 0 Å². The molecule has 0 unspecified atom stereocenters. The highest BCUT2D eigenvalue weighted by Crippen LogP contribution is 2.28. The lowest BCUT2D eigenvalue weighted by Gasteiger charge is -2.20. The SMILES string of the molecule is CNS(=O)(=O)c1csc(C(=O)N2CC[C@@H]3CNC[C@@H]3CC2)c1. The summed E-state index contributed by atoms with van der Waals surface area (Å²) in [5, 5.41) is 4.94. The normalized spacial score (nSPS) is 25.8. The maximum absolute atomic E-state index is 12.6. The van der Waals surface area contributed by atoms with Gasteiger partial charge in [-0.3, -0.25) is 4.79 Å². The van der Waals surface area contributed by atoms with Crippen molar-refractivity contribution in [1.29, 1.82) is 0 Å². The molecule has 2 aliphatic heterocycles. The van der Waals surface area contributed by atoms with Gasteiger partial charge in [0.2, 0.25) is 10.0 Å². The summed E-state index contributed by atoms with van der Waals surface area (Å²) in [4.78, 5) is 15.1. The first kappa shape index (κ1) is 15.9. The van der Waals surface area contributed by atoms with Crippen molar-refractivity contribution in [2.75, 3.05) is 33.2 Å². The van der Waals surface area contributed by atoms with Gasteiger partial charge in [0.25, 0.3) is 5.91 Å². The monoisotopic (exact) mass is 343 g/mol. The summed E-state index contributed by atoms with van der Waals surface area (Å²) in [6, 6.07) is 1.48. The number of nitrogens with one attached hydrogen (secondary N) is 2. The molecule has 2 N–H and O–H groups in total. The maximum Gasteiger partial charge on any atom is 0.263 e. The molecule has 6 nitrogen and oxygen atoms in total. The van der Waals surface area contributed by atoms with Gasteiger partial charge >= 0.3 is 0 Å². The third-order valence-electron chi connectivity index (χ3n) is 4.67. The van der Waals surface area contributed by atoms with Crippen LogP contribution in [-0.4, -0.2) is 52.5 Å². The summed E-state index contributed by atoms with van der Waals surface area (Å²) in [6.45, 7) is 3.62. The number of amides is 1. The first-order valence-electron chi connectivity index (χ1n) is 7.53. The molecule has 1 aromatic heterocycles. The third-order valence-corrected chi connectivity index (χ3v) is 7.13. The second-order valence-corrected chi connectivity index (χ2v) is 8.70. The summed E-state index contributed by atoms with van der Waals surface area (Å²) in [7, 11) is -2.11. The van der Waals surface area contributed by atoms with Crippen LogP contribution in [0.4, 0.5) is 0 Å². The molecule has 2 saturated heterocycles. The van der Waals surface area contributed by atoms with Crippen molar-refractivity contribution in [1.82, 2.24) is 14.9 Å². The molecule has 0 spiro atoms. The quantitative estimate of drug-likeness (QED) is 0.848. The van der Waals surface area contributed by atoms with Gasteiger partial charge in [-0.2, -0.15) is 0 Å². The van der Waals surface area contributed by atoms with Crippen molar-refractivity contribution in [2.24, 2.45) is 11.8 Å². The number of rotatable bonds is 3. The smallest absolute Gasteiger partial charge is 0.263 e. The van der Waals surface area contributed by atoms with Gasteiger partial charge in [-0.25, -0.2) is 13.1 Å². The largest absolute Gasteiger partial charge is 0.338 e. The van der Waals surface area contributed by atoms with E-state index >= 15 is 0 Å². The number of carbonyl (C=O) groups excluding carboxylic acids is 1. The summed E-state index contributed by atoms with van der Waals surface area (Å²) < 4.78 is 25.8. The Balaban J connectivity index is 1.71. The molecule has 0 bridgehead atoms. The topological polar surface area (TPSA) is 78.5 Å². The van der Waals surface area contributed by atoms with Gasteiger partial charge < -0.3 is 10.2 Å². The standard InChI is InChI=1S/C14H21N3O3S2/c1-15-22(19,20)12-6-13(21-9-12)14(18)17-4-2-10-7-16-8-11(10)3-5-17/h6,9-11,15-16H,2-5,7-8H2,1H3/t10-,11+. The fourth-order valence-electron chi connectivity index (χ4n) is 3.27. The van der Waals surface area contributed by atoms with Crippen LogP contribution in [-0.2, 0) is 10.0 Å². The van der Waals surface area contributed by atoms with Crippen molar-refractivity contribution in [3.63, 3.8) is 0 Å². The number of thiophene rings is 1. The molecule has 8 heteroatoms. The van der Waals surface area contributed by atoms with Crippen LogP contribution in [0, 0.1) is 11.8 Å². The predicted molar refractivity (Wildman–Crippen MR) is 85.6 cm³/mol. The van der Waals surface area contributed by atoms with Crippen LogP contribution in [0.1, 0.15) is 22.5 Å². The first-order chi connectivity index (χ1) is 10.5. The number of sulfonamides is 1. The fourth-order valence-corrected chi connectivity index (χ4v) is 5.24. The van der Waals surface area contributed by atoms with Crippen LogP contribution in [0.5, 0.6) is 0 Å². The Bertz CT molecular complexity index is 642. The van der Waals surface area contributed by atoms with Crippen molar-refractivity contribution in [3.05, 3.63) is 16.3 Å². The van der Waals surface area contributed by atoms with Gasteiger partial charge in [0.1, 0.15) is 0 Å². The number of likely N-dealkylation sites (tertiary alicyclic amines) is 1. The summed E-state index contributed by atoms with van der Waals surface area (Å²) in [6.07, 6.45) is 2.05. The zero-order chi connectivity index (χ0) is 15.7. The Morgan fingerprint density at radius 2 is 1.95 bits per heavy atom. The number of fused-ring (bicyclic) bond motifs is 1. The zero-order valence-electron chi connectivity index (χ0n) is 12.5. The predicted octanol–water partition coefficient (Wildman–Crippen LogP) is 0.728. The molecule has 0 aliphatic carbocycles. The molecule has 122 valence electrons. The van der Waals surface area contributed by atoms with E-state index < -0.39 is 10.0 Å². The van der Waals surface area contributed by atoms with Gasteiger partial charge in [0, 0.05) is 18.5 Å². The van der Waals surface area contributed by atoms with Crippen LogP contribution < -0.4 is 10.0 Å². The molecule has 0 aromatic carbocycles. The molecule has 0 radical (unpaired) electrons. The van der Waals surface area contributed by atoms with Crippen molar-refractivity contribution >= 4 is 27.3 Å². The van der Waals surface area contributed by atoms with Gasteiger partial charge in [-0.05, 0) is 50.9 Å². The first-order valence-corrected chi connectivity index (χ1v) is 9.89. The Hall–Kier alpha value is -0.960. The molecule has 2 aliphatic rings. The van der Waals surface area contributed by atoms with Crippen LogP contribution in [0.15, 0.2) is 16.3 Å². The second-order valence-electron chi connectivity index (χ2n) is 5.90. The Kier molecular flexibility index (Phi) is 4.54. The Labute approximate surface area is 134 Å². The molecular formula is C14H21N3O3S2. The lowest BCUT2D eigenvalue weighted by atomic mass is 9.92. The minimum absolute atomic E-state index is 0.0458. The molecule has 3 heterocycles. The van der Waals surface area contributed by atoms with Crippen LogP contribution >= 0.6 is 11.3 Å². The van der Waals surface area contributed by atoms with Crippen LogP contribution in [0.2, 0.25) is 0 Å². The average molecular weight is 343 g/mol. The number of hydrogen-bond donors (Lipinski definition) is 2. The minimum Gasteiger partial charge on any atom is -0.338 e. The van der Waals surface area contributed by atoms with Crippen LogP contribution in [0.25, 0.3) is 0 Å². The van der Waals surface area contributed by atoms with E-state index in [-0.39, 0.29) is 10.8 Å². The second kappa shape index (κ2) is 6.27. The van der Waals surface area contributed by atoms with Crippen molar-refractivity contribution in [2.45, 2.75) is 17.7 Å². The van der Waals surface area contributed by atoms with Crippen LogP contribution in [0.3, 0.4) is 0 Å². The highest BCUT2D eigenvalue weighted by molar-refractivity contribution is 7.89. The number of nitrogens with zero attached hydrogens (tertiary/aromatic N) is 1. The van der Waals surface area contributed by atoms with Crippen molar-refractivity contribution < 1.29 is 13.2 Å². The summed E-state index contributed by atoms with van der Waals surface area (Å²) in [5.41, 5.74) is 0. The average Bonchev–Trinajstić information content (AvgIpc) is 3.13. The van der Waals surface area contributed by atoms with E-state index in [9.17, 15) is 13.2 Å². The third kappa shape index (κ3) is 3.05. The molecule has 2 fully saturated rings. The summed E-state index contributed by atoms with van der Waals surface area (Å²) >= 11 is 1.20. The van der Waals surface area contributed by atoms with E-state index in [0.29, 0.717) is 16.7 Å². The van der Waals surface area contributed by atoms with E-state index in [1.54, 1.807) is 0 Å². The molecule has 3 rings (SSSR count). The fraction of sp³-hybridized carbons (Fsp3) is 0.643. The number of hydrogen-bond acceptors (Lipinski definition) is 5. The van der Waals surface area contributed by atoms with Gasteiger partial charge in [0.05, 0.1) is 9.77 Å². The molecule has 1 amide bonds.